The molecule has 1 aromatic carbocycles. The number of halogens is 1. The third kappa shape index (κ3) is 3.28. The zero-order valence-electron chi connectivity index (χ0n) is 12.1. The van der Waals surface area contributed by atoms with Gasteiger partial charge in [0.1, 0.15) is 17.2 Å². The van der Waals surface area contributed by atoms with Crippen LogP contribution < -0.4 is 5.32 Å². The molecular weight excluding hydrogens is 275 g/mol. The first-order chi connectivity index (χ1) is 9.96. The van der Waals surface area contributed by atoms with Gasteiger partial charge in [-0.3, -0.25) is 4.79 Å². The van der Waals surface area contributed by atoms with Crippen molar-refractivity contribution in [2.24, 2.45) is 0 Å². The van der Waals surface area contributed by atoms with Gasteiger partial charge in [0.25, 0.3) is 5.91 Å². The molecule has 1 unspecified atom stereocenters. The highest BCUT2D eigenvalue weighted by Gasteiger charge is 2.30. The Morgan fingerprint density at radius 3 is 2.76 bits per heavy atom. The summed E-state index contributed by atoms with van der Waals surface area (Å²) < 4.78 is 24.1. The van der Waals surface area contributed by atoms with Crippen molar-refractivity contribution in [3.05, 3.63) is 53.2 Å². The summed E-state index contributed by atoms with van der Waals surface area (Å²) in [7, 11) is 1.47. The van der Waals surface area contributed by atoms with E-state index in [0.29, 0.717) is 11.3 Å². The van der Waals surface area contributed by atoms with Crippen molar-refractivity contribution in [3.63, 3.8) is 0 Å². The molecule has 0 fully saturated rings. The molecular formula is C15H17FN2O3. The van der Waals surface area contributed by atoms with Crippen LogP contribution >= 0.6 is 0 Å². The van der Waals surface area contributed by atoms with Crippen LogP contribution in [0.1, 0.15) is 28.7 Å². The van der Waals surface area contributed by atoms with Crippen LogP contribution in [0.5, 0.6) is 0 Å². The monoisotopic (exact) mass is 292 g/mol. The second-order valence-electron chi connectivity index (χ2n) is 4.92. The average molecular weight is 292 g/mol. The summed E-state index contributed by atoms with van der Waals surface area (Å²) in [4.78, 5) is 12.0. The molecule has 0 saturated heterocycles. The van der Waals surface area contributed by atoms with Crippen molar-refractivity contribution in [2.75, 3.05) is 13.7 Å². The van der Waals surface area contributed by atoms with E-state index in [9.17, 15) is 9.18 Å². The van der Waals surface area contributed by atoms with Gasteiger partial charge < -0.3 is 14.6 Å². The fourth-order valence-corrected chi connectivity index (χ4v) is 1.98. The predicted octanol–water partition coefficient (Wildman–Crippen LogP) is 2.41. The van der Waals surface area contributed by atoms with E-state index in [1.165, 1.54) is 19.2 Å². The molecule has 112 valence electrons. The van der Waals surface area contributed by atoms with Gasteiger partial charge in [0.15, 0.2) is 5.69 Å². The molecule has 1 amide bonds. The first kappa shape index (κ1) is 15.2. The normalized spacial score (nSPS) is 13.7. The van der Waals surface area contributed by atoms with Crippen molar-refractivity contribution in [1.82, 2.24) is 10.5 Å². The molecule has 0 aliphatic heterocycles. The summed E-state index contributed by atoms with van der Waals surface area (Å²) in [6.45, 7) is 3.51. The maximum Gasteiger partial charge on any atom is 0.273 e. The van der Waals surface area contributed by atoms with Crippen molar-refractivity contribution < 1.29 is 18.4 Å². The van der Waals surface area contributed by atoms with Crippen LogP contribution in [0.3, 0.4) is 0 Å². The fraction of sp³-hybridized carbons (Fsp3) is 0.333. The zero-order valence-corrected chi connectivity index (χ0v) is 12.1. The van der Waals surface area contributed by atoms with Crippen LogP contribution in [0.4, 0.5) is 4.39 Å². The lowest BCUT2D eigenvalue weighted by molar-refractivity contribution is 0.000320. The number of nitrogens with zero attached hydrogens (tertiary/aromatic N) is 1. The molecule has 0 saturated carbocycles. The number of nitrogens with one attached hydrogen (secondary N) is 1. The molecule has 1 aromatic heterocycles. The molecule has 6 heteroatoms. The number of carbonyl (C=O) groups is 1. The number of hydrogen-bond acceptors (Lipinski definition) is 4. The summed E-state index contributed by atoms with van der Waals surface area (Å²) >= 11 is 0. The second kappa shape index (κ2) is 6.05. The molecule has 0 aliphatic rings. The van der Waals surface area contributed by atoms with E-state index in [1.54, 1.807) is 32.0 Å². The van der Waals surface area contributed by atoms with E-state index in [2.05, 4.69) is 10.5 Å². The Morgan fingerprint density at radius 2 is 2.19 bits per heavy atom. The SMILES string of the molecule is COC(C)(CNC(=O)c1cc(C)on1)c1ccccc1F. The van der Waals surface area contributed by atoms with Crippen LogP contribution in [-0.4, -0.2) is 24.7 Å². The Hall–Kier alpha value is -2.21. The lowest BCUT2D eigenvalue weighted by Crippen LogP contribution is -2.40. The third-order valence-corrected chi connectivity index (χ3v) is 3.34. The van der Waals surface area contributed by atoms with Gasteiger partial charge in [-0.05, 0) is 19.9 Å². The molecule has 0 spiro atoms. The average Bonchev–Trinajstić information content (AvgIpc) is 2.91. The summed E-state index contributed by atoms with van der Waals surface area (Å²) in [5.41, 5.74) is -0.414. The van der Waals surface area contributed by atoms with Gasteiger partial charge in [-0.15, -0.1) is 0 Å². The Bertz CT molecular complexity index is 641. The Morgan fingerprint density at radius 1 is 1.48 bits per heavy atom. The van der Waals surface area contributed by atoms with Gasteiger partial charge in [-0.1, -0.05) is 23.4 Å². The number of benzene rings is 1. The van der Waals surface area contributed by atoms with E-state index >= 15 is 0 Å². The largest absolute Gasteiger partial charge is 0.372 e. The fourth-order valence-electron chi connectivity index (χ4n) is 1.98. The van der Waals surface area contributed by atoms with E-state index in [-0.39, 0.29) is 18.1 Å². The van der Waals surface area contributed by atoms with Gasteiger partial charge in [0.05, 0.1) is 6.54 Å². The maximum absolute atomic E-state index is 13.9. The summed E-state index contributed by atoms with van der Waals surface area (Å²) in [6.07, 6.45) is 0. The molecule has 21 heavy (non-hydrogen) atoms. The molecule has 2 aromatic rings. The highest BCUT2D eigenvalue weighted by Crippen LogP contribution is 2.26. The van der Waals surface area contributed by atoms with Crippen LogP contribution in [0.25, 0.3) is 0 Å². The van der Waals surface area contributed by atoms with Crippen molar-refractivity contribution in [2.45, 2.75) is 19.4 Å². The standard InChI is InChI=1S/C15H17FN2O3/c1-10-8-13(18-21-10)14(19)17-9-15(2,20-3)11-6-4-5-7-12(11)16/h4-8H,9H2,1-3H3,(H,17,19). The van der Waals surface area contributed by atoms with Crippen molar-refractivity contribution >= 4 is 5.91 Å². The van der Waals surface area contributed by atoms with Gasteiger partial charge in [-0.25, -0.2) is 4.39 Å². The number of amides is 1. The van der Waals surface area contributed by atoms with E-state index in [0.717, 1.165) is 0 Å². The van der Waals surface area contributed by atoms with Crippen LogP contribution in [0.2, 0.25) is 0 Å². The molecule has 1 atom stereocenters. The quantitative estimate of drug-likeness (QED) is 0.919. The van der Waals surface area contributed by atoms with Crippen LogP contribution in [-0.2, 0) is 10.3 Å². The Labute approximate surface area is 122 Å². The minimum atomic E-state index is -0.972. The molecule has 5 nitrogen and oxygen atoms in total. The first-order valence-electron chi connectivity index (χ1n) is 6.48. The molecule has 0 aliphatic carbocycles. The molecule has 2 rings (SSSR count). The second-order valence-corrected chi connectivity index (χ2v) is 4.92. The maximum atomic E-state index is 13.9. The number of hydrogen-bond donors (Lipinski definition) is 1. The highest BCUT2D eigenvalue weighted by molar-refractivity contribution is 5.92. The van der Waals surface area contributed by atoms with E-state index < -0.39 is 11.5 Å². The van der Waals surface area contributed by atoms with Crippen LogP contribution in [0, 0.1) is 12.7 Å². The molecule has 0 bridgehead atoms. The smallest absolute Gasteiger partial charge is 0.273 e. The molecule has 1 N–H and O–H groups in total. The third-order valence-electron chi connectivity index (χ3n) is 3.34. The number of ether oxygens (including phenoxy) is 1. The number of aryl methyl sites for hydroxylation is 1. The van der Waals surface area contributed by atoms with Gasteiger partial charge >= 0.3 is 0 Å². The number of methoxy groups -OCH3 is 1. The summed E-state index contributed by atoms with van der Waals surface area (Å²) in [5.74, 6) is -0.233. The van der Waals surface area contributed by atoms with Crippen LogP contribution in [0.15, 0.2) is 34.9 Å². The lowest BCUT2D eigenvalue weighted by Gasteiger charge is -2.29. The minimum Gasteiger partial charge on any atom is -0.372 e. The molecule has 1 heterocycles. The topological polar surface area (TPSA) is 64.4 Å². The Kier molecular flexibility index (Phi) is 4.37. The Balaban J connectivity index is 2.12. The van der Waals surface area contributed by atoms with Gasteiger partial charge in [-0.2, -0.15) is 0 Å². The predicted molar refractivity (Wildman–Crippen MR) is 74.3 cm³/mol. The van der Waals surface area contributed by atoms with Gasteiger partial charge in [0, 0.05) is 18.7 Å². The summed E-state index contributed by atoms with van der Waals surface area (Å²) in [6, 6.07) is 7.84. The zero-order chi connectivity index (χ0) is 15.5. The lowest BCUT2D eigenvalue weighted by atomic mass is 9.95. The van der Waals surface area contributed by atoms with Gasteiger partial charge in [0.2, 0.25) is 0 Å². The van der Waals surface area contributed by atoms with E-state index in [1.807, 2.05) is 0 Å². The van der Waals surface area contributed by atoms with Crippen molar-refractivity contribution in [3.8, 4) is 0 Å². The number of aromatic nitrogens is 1. The minimum absolute atomic E-state index is 0.106. The first-order valence-corrected chi connectivity index (χ1v) is 6.48. The van der Waals surface area contributed by atoms with Crippen molar-refractivity contribution in [1.29, 1.82) is 0 Å². The number of carbonyl (C=O) groups excluding carboxylic acids is 1. The van der Waals surface area contributed by atoms with E-state index in [4.69, 9.17) is 9.26 Å². The molecule has 0 radical (unpaired) electrons. The number of rotatable bonds is 5. The highest BCUT2D eigenvalue weighted by atomic mass is 19.1. The summed E-state index contributed by atoms with van der Waals surface area (Å²) in [5, 5.41) is 6.31.